The summed E-state index contributed by atoms with van der Waals surface area (Å²) >= 11 is 0. The van der Waals surface area contributed by atoms with E-state index in [4.69, 9.17) is 0 Å². The van der Waals surface area contributed by atoms with Gasteiger partial charge in [-0.25, -0.2) is 0 Å². The minimum absolute atomic E-state index is 0.117. The molecule has 4 rings (SSSR count). The molecule has 1 aliphatic carbocycles. The van der Waals surface area contributed by atoms with Crippen LogP contribution in [0.2, 0.25) is 0 Å². The van der Waals surface area contributed by atoms with Gasteiger partial charge in [-0.3, -0.25) is 4.90 Å². The third-order valence-electron chi connectivity index (χ3n) is 6.04. The van der Waals surface area contributed by atoms with E-state index in [1.54, 1.807) is 0 Å². The Kier molecular flexibility index (Phi) is 3.77. The first kappa shape index (κ1) is 15.0. The Morgan fingerprint density at radius 3 is 2.96 bits per heavy atom. The molecule has 4 atom stereocenters. The molecule has 1 unspecified atom stereocenters. The number of likely N-dealkylation sites (tertiary alicyclic amines) is 1. The van der Waals surface area contributed by atoms with Gasteiger partial charge in [-0.05, 0) is 30.6 Å². The van der Waals surface area contributed by atoms with Gasteiger partial charge in [0.1, 0.15) is 0 Å². The molecule has 0 spiro atoms. The Balaban J connectivity index is 1.56. The molecule has 2 saturated heterocycles. The maximum Gasteiger partial charge on any atom is 0.0296 e. The molecule has 0 aromatic heterocycles. The van der Waals surface area contributed by atoms with Crippen molar-refractivity contribution in [3.63, 3.8) is 0 Å². The molecule has 1 aromatic rings. The van der Waals surface area contributed by atoms with Gasteiger partial charge < -0.3 is 5.32 Å². The zero-order valence-electron chi connectivity index (χ0n) is 14.1. The van der Waals surface area contributed by atoms with Gasteiger partial charge in [0.15, 0.2) is 0 Å². The summed E-state index contributed by atoms with van der Waals surface area (Å²) in [5.41, 5.74) is 6.65. The van der Waals surface area contributed by atoms with Crippen LogP contribution in [0.15, 0.2) is 59.9 Å². The van der Waals surface area contributed by atoms with E-state index in [-0.39, 0.29) is 5.41 Å². The summed E-state index contributed by atoms with van der Waals surface area (Å²) in [7, 11) is 0. The summed E-state index contributed by atoms with van der Waals surface area (Å²) in [6.45, 7) is 8.06. The lowest BCUT2D eigenvalue weighted by Crippen LogP contribution is -2.61. The lowest BCUT2D eigenvalue weighted by Gasteiger charge is -2.52. The minimum atomic E-state index is 0.117. The van der Waals surface area contributed by atoms with Crippen molar-refractivity contribution >= 4 is 0 Å². The van der Waals surface area contributed by atoms with Gasteiger partial charge in [-0.15, -0.1) is 5.73 Å². The van der Waals surface area contributed by atoms with Crippen LogP contribution in [0.25, 0.3) is 0 Å². The quantitative estimate of drug-likeness (QED) is 0.841. The molecule has 2 aliphatic heterocycles. The van der Waals surface area contributed by atoms with Crippen LogP contribution in [0.1, 0.15) is 25.8 Å². The largest absolute Gasteiger partial charge is 0.310 e. The second kappa shape index (κ2) is 5.79. The van der Waals surface area contributed by atoms with Crippen molar-refractivity contribution < 1.29 is 0 Å². The number of rotatable bonds is 2. The molecule has 3 aliphatic rings. The van der Waals surface area contributed by atoms with E-state index in [9.17, 15) is 0 Å². The highest BCUT2D eigenvalue weighted by Crippen LogP contribution is 2.45. The fourth-order valence-corrected chi connectivity index (χ4v) is 4.51. The summed E-state index contributed by atoms with van der Waals surface area (Å²) in [6.07, 6.45) is 7.85. The SMILES string of the molecule is C[C@@H]1N[C@@H]2CCN(Cc3ccccc3)C[C@H]2C2=C=CC=CC21C. The molecule has 2 heteroatoms. The molecule has 2 nitrogen and oxygen atoms in total. The van der Waals surface area contributed by atoms with E-state index in [0.29, 0.717) is 18.0 Å². The number of nitrogens with one attached hydrogen (secondary N) is 1. The maximum absolute atomic E-state index is 3.89. The second-order valence-corrected chi connectivity index (χ2v) is 7.48. The zero-order chi connectivity index (χ0) is 15.9. The summed E-state index contributed by atoms with van der Waals surface area (Å²) in [5, 5.41) is 3.89. The van der Waals surface area contributed by atoms with Crippen molar-refractivity contribution in [2.45, 2.75) is 38.9 Å². The van der Waals surface area contributed by atoms with Crippen LogP contribution < -0.4 is 5.32 Å². The average Bonchev–Trinajstić information content (AvgIpc) is 2.57. The molecule has 1 N–H and O–H groups in total. The summed E-state index contributed by atoms with van der Waals surface area (Å²) in [6, 6.07) is 11.9. The highest BCUT2D eigenvalue weighted by atomic mass is 15.2. The smallest absolute Gasteiger partial charge is 0.0296 e. The normalized spacial score (nSPS) is 36.3. The maximum atomic E-state index is 3.89. The van der Waals surface area contributed by atoms with E-state index in [1.165, 1.54) is 24.1 Å². The van der Waals surface area contributed by atoms with Crippen molar-refractivity contribution in [1.82, 2.24) is 10.2 Å². The Morgan fingerprint density at radius 2 is 2.13 bits per heavy atom. The van der Waals surface area contributed by atoms with Crippen LogP contribution in [0, 0.1) is 11.3 Å². The Labute approximate surface area is 139 Å². The van der Waals surface area contributed by atoms with Crippen molar-refractivity contribution in [3.8, 4) is 0 Å². The molecular weight excluding hydrogens is 280 g/mol. The molecule has 2 heterocycles. The van der Waals surface area contributed by atoms with Crippen molar-refractivity contribution in [1.29, 1.82) is 0 Å². The van der Waals surface area contributed by atoms with Gasteiger partial charge in [0.2, 0.25) is 0 Å². The minimum Gasteiger partial charge on any atom is -0.310 e. The molecule has 0 saturated carbocycles. The van der Waals surface area contributed by atoms with Crippen LogP contribution >= 0.6 is 0 Å². The summed E-state index contributed by atoms with van der Waals surface area (Å²) < 4.78 is 0. The third kappa shape index (κ3) is 2.61. The lowest BCUT2D eigenvalue weighted by atomic mass is 9.63. The molecule has 23 heavy (non-hydrogen) atoms. The molecular formula is C21H26N2. The number of fused-ring (bicyclic) bond motifs is 3. The van der Waals surface area contributed by atoms with Gasteiger partial charge >= 0.3 is 0 Å². The molecule has 0 radical (unpaired) electrons. The first-order chi connectivity index (χ1) is 11.2. The van der Waals surface area contributed by atoms with Crippen LogP contribution in [0.3, 0.4) is 0 Å². The van der Waals surface area contributed by atoms with E-state index in [2.05, 4.69) is 78.4 Å². The summed E-state index contributed by atoms with van der Waals surface area (Å²) in [5.74, 6) is 0.579. The zero-order valence-corrected chi connectivity index (χ0v) is 14.1. The fraction of sp³-hybridized carbons (Fsp3) is 0.476. The highest BCUT2D eigenvalue weighted by molar-refractivity contribution is 5.36. The summed E-state index contributed by atoms with van der Waals surface area (Å²) in [4.78, 5) is 2.61. The van der Waals surface area contributed by atoms with Crippen LogP contribution in [-0.2, 0) is 6.54 Å². The first-order valence-corrected chi connectivity index (χ1v) is 8.84. The van der Waals surface area contributed by atoms with Crippen LogP contribution in [0.5, 0.6) is 0 Å². The van der Waals surface area contributed by atoms with Gasteiger partial charge in [0.05, 0.1) is 0 Å². The highest BCUT2D eigenvalue weighted by Gasteiger charge is 2.47. The number of piperidine rings is 2. The number of allylic oxidation sites excluding steroid dienone is 1. The van der Waals surface area contributed by atoms with Crippen LogP contribution in [0.4, 0.5) is 0 Å². The molecule has 2 fully saturated rings. The van der Waals surface area contributed by atoms with Gasteiger partial charge in [-0.1, -0.05) is 49.4 Å². The Hall–Kier alpha value is -1.60. The van der Waals surface area contributed by atoms with Crippen molar-refractivity contribution in [3.05, 3.63) is 65.4 Å². The Bertz CT molecular complexity index is 668. The number of hydrogen-bond donors (Lipinski definition) is 1. The third-order valence-corrected chi connectivity index (χ3v) is 6.04. The average molecular weight is 306 g/mol. The predicted molar refractivity (Wildman–Crippen MR) is 95.1 cm³/mol. The molecule has 0 bridgehead atoms. The van der Waals surface area contributed by atoms with Gasteiger partial charge in [-0.2, -0.15) is 0 Å². The number of hydrogen-bond acceptors (Lipinski definition) is 2. The van der Waals surface area contributed by atoms with E-state index >= 15 is 0 Å². The van der Waals surface area contributed by atoms with Gasteiger partial charge in [0, 0.05) is 43.1 Å². The topological polar surface area (TPSA) is 15.3 Å². The molecule has 120 valence electrons. The number of benzene rings is 1. The van der Waals surface area contributed by atoms with Crippen molar-refractivity contribution in [2.75, 3.05) is 13.1 Å². The van der Waals surface area contributed by atoms with E-state index in [0.717, 1.165) is 13.1 Å². The second-order valence-electron chi connectivity index (χ2n) is 7.48. The monoisotopic (exact) mass is 306 g/mol. The van der Waals surface area contributed by atoms with Gasteiger partial charge in [0.25, 0.3) is 0 Å². The fourth-order valence-electron chi connectivity index (χ4n) is 4.51. The molecule has 0 amide bonds. The van der Waals surface area contributed by atoms with E-state index in [1.807, 2.05) is 0 Å². The van der Waals surface area contributed by atoms with E-state index < -0.39 is 0 Å². The van der Waals surface area contributed by atoms with Crippen molar-refractivity contribution in [2.24, 2.45) is 11.3 Å². The Morgan fingerprint density at radius 1 is 1.30 bits per heavy atom. The lowest BCUT2D eigenvalue weighted by molar-refractivity contribution is 0.0954. The van der Waals surface area contributed by atoms with Crippen LogP contribution in [-0.4, -0.2) is 30.1 Å². The standard InChI is InChI=1S/C21H26N2/c1-16-21(2)12-7-6-10-19(21)18-15-23(13-11-20(18)22-16)14-17-8-4-3-5-9-17/h3-9,12,16,18,20,22H,11,13-15H2,1-2H3/t16-,18-,20+,21?/m0/s1. The first-order valence-electron chi connectivity index (χ1n) is 8.84. The molecule has 1 aromatic carbocycles. The predicted octanol–water partition coefficient (Wildman–Crippen LogP) is 3.53. The number of nitrogens with zero attached hydrogens (tertiary/aromatic N) is 1.